The SMILES string of the molecule is O=C(Nc1cn[nH]c1)Nc1ccc2c(c1)B(O)OC2. The summed E-state index contributed by atoms with van der Waals surface area (Å²) >= 11 is 0. The lowest BCUT2D eigenvalue weighted by molar-refractivity contribution is 0.262. The van der Waals surface area contributed by atoms with Gasteiger partial charge in [0, 0.05) is 11.9 Å². The number of hydrogen-bond donors (Lipinski definition) is 4. The number of benzene rings is 1. The molecule has 3 rings (SSSR count). The predicted molar refractivity (Wildman–Crippen MR) is 70.1 cm³/mol. The maximum atomic E-state index is 11.7. The molecule has 1 aromatic heterocycles. The van der Waals surface area contributed by atoms with Crippen LogP contribution in [0.15, 0.2) is 30.6 Å². The first-order valence-corrected chi connectivity index (χ1v) is 5.71. The van der Waals surface area contributed by atoms with Gasteiger partial charge < -0.3 is 20.3 Å². The van der Waals surface area contributed by atoms with Gasteiger partial charge in [0.05, 0.1) is 18.5 Å². The highest BCUT2D eigenvalue weighted by atomic mass is 16.5. The van der Waals surface area contributed by atoms with Gasteiger partial charge in [0.25, 0.3) is 0 Å². The second-order valence-electron chi connectivity index (χ2n) is 4.14. The Morgan fingerprint density at radius 3 is 3.05 bits per heavy atom. The number of aromatic amines is 1. The zero-order valence-corrected chi connectivity index (χ0v) is 9.88. The van der Waals surface area contributed by atoms with Crippen LogP contribution in [0.4, 0.5) is 16.2 Å². The molecule has 8 heteroatoms. The minimum absolute atomic E-state index is 0.380. The Labute approximate surface area is 109 Å². The van der Waals surface area contributed by atoms with Gasteiger partial charge in [-0.1, -0.05) is 6.07 Å². The van der Waals surface area contributed by atoms with Crippen molar-refractivity contribution in [3.63, 3.8) is 0 Å². The molecular weight excluding hydrogens is 247 g/mol. The molecule has 2 amide bonds. The summed E-state index contributed by atoms with van der Waals surface area (Å²) in [7, 11) is -0.923. The van der Waals surface area contributed by atoms with Gasteiger partial charge in [-0.3, -0.25) is 5.10 Å². The number of urea groups is 1. The van der Waals surface area contributed by atoms with Crippen LogP contribution in [0.5, 0.6) is 0 Å². The van der Waals surface area contributed by atoms with Crippen molar-refractivity contribution < 1.29 is 14.5 Å². The number of anilines is 2. The lowest BCUT2D eigenvalue weighted by Gasteiger charge is -2.07. The fourth-order valence-corrected chi connectivity index (χ4v) is 1.91. The Balaban J connectivity index is 1.70. The molecule has 0 radical (unpaired) electrons. The molecule has 2 aromatic rings. The molecule has 0 fully saturated rings. The van der Waals surface area contributed by atoms with E-state index in [1.807, 2.05) is 6.07 Å². The number of nitrogens with zero attached hydrogens (tertiary/aromatic N) is 1. The Hall–Kier alpha value is -2.32. The minimum Gasteiger partial charge on any atom is -0.423 e. The lowest BCUT2D eigenvalue weighted by atomic mass is 9.79. The van der Waals surface area contributed by atoms with Crippen molar-refractivity contribution in [3.8, 4) is 0 Å². The number of carbonyl (C=O) groups excluding carboxylic acids is 1. The molecule has 1 aliphatic rings. The third kappa shape index (κ3) is 2.44. The monoisotopic (exact) mass is 258 g/mol. The van der Waals surface area contributed by atoms with Crippen molar-refractivity contribution in [3.05, 3.63) is 36.2 Å². The largest absolute Gasteiger partial charge is 0.491 e. The number of rotatable bonds is 2. The van der Waals surface area contributed by atoms with Gasteiger partial charge in [-0.2, -0.15) is 5.10 Å². The van der Waals surface area contributed by atoms with E-state index in [1.165, 1.54) is 6.20 Å². The number of H-pyrrole nitrogens is 1. The first-order valence-electron chi connectivity index (χ1n) is 5.71. The third-order valence-corrected chi connectivity index (χ3v) is 2.82. The van der Waals surface area contributed by atoms with E-state index in [4.69, 9.17) is 4.65 Å². The van der Waals surface area contributed by atoms with Crippen LogP contribution in [0.1, 0.15) is 5.56 Å². The summed E-state index contributed by atoms with van der Waals surface area (Å²) in [5.74, 6) is 0. The van der Waals surface area contributed by atoms with E-state index in [-0.39, 0.29) is 6.03 Å². The van der Waals surface area contributed by atoms with Gasteiger partial charge in [0.1, 0.15) is 0 Å². The minimum atomic E-state index is -0.923. The van der Waals surface area contributed by atoms with Crippen LogP contribution in [0.2, 0.25) is 0 Å². The molecule has 7 nitrogen and oxygen atoms in total. The first-order chi connectivity index (χ1) is 9.22. The molecule has 0 spiro atoms. The molecule has 0 saturated heterocycles. The van der Waals surface area contributed by atoms with Crippen LogP contribution in [-0.2, 0) is 11.3 Å². The van der Waals surface area contributed by atoms with E-state index in [1.54, 1.807) is 18.3 Å². The van der Waals surface area contributed by atoms with Gasteiger partial charge >= 0.3 is 13.1 Å². The molecule has 0 atom stereocenters. The van der Waals surface area contributed by atoms with Gasteiger partial charge in [0.15, 0.2) is 0 Å². The van der Waals surface area contributed by atoms with E-state index in [0.717, 1.165) is 5.56 Å². The molecule has 0 bridgehead atoms. The van der Waals surface area contributed by atoms with Gasteiger partial charge in [0.2, 0.25) is 0 Å². The Morgan fingerprint density at radius 2 is 2.26 bits per heavy atom. The Bertz CT molecular complexity index is 602. The molecule has 2 heterocycles. The highest BCUT2D eigenvalue weighted by Gasteiger charge is 2.27. The summed E-state index contributed by atoms with van der Waals surface area (Å²) in [6, 6.07) is 4.89. The average molecular weight is 258 g/mol. The zero-order chi connectivity index (χ0) is 13.2. The van der Waals surface area contributed by atoms with Crippen LogP contribution in [0, 0.1) is 0 Å². The van der Waals surface area contributed by atoms with Crippen LogP contribution in [0.3, 0.4) is 0 Å². The zero-order valence-electron chi connectivity index (χ0n) is 9.88. The molecular formula is C11H11BN4O3. The second kappa shape index (κ2) is 4.75. The van der Waals surface area contributed by atoms with Gasteiger partial charge in [-0.25, -0.2) is 4.79 Å². The molecule has 1 aliphatic heterocycles. The maximum absolute atomic E-state index is 11.7. The molecule has 0 saturated carbocycles. The number of hydrogen-bond acceptors (Lipinski definition) is 4. The molecule has 96 valence electrons. The summed E-state index contributed by atoms with van der Waals surface area (Å²) in [6.45, 7) is 0.387. The van der Waals surface area contributed by atoms with Crippen molar-refractivity contribution in [2.45, 2.75) is 6.61 Å². The molecule has 0 unspecified atom stereocenters. The Kier molecular flexibility index (Phi) is 2.94. The molecule has 4 N–H and O–H groups in total. The average Bonchev–Trinajstić information content (AvgIpc) is 3.00. The fourth-order valence-electron chi connectivity index (χ4n) is 1.91. The topological polar surface area (TPSA) is 99.3 Å². The maximum Gasteiger partial charge on any atom is 0.491 e. The van der Waals surface area contributed by atoms with Crippen molar-refractivity contribution >= 4 is 30.0 Å². The van der Waals surface area contributed by atoms with E-state index in [0.29, 0.717) is 23.4 Å². The summed E-state index contributed by atoms with van der Waals surface area (Å²) in [4.78, 5) is 11.7. The van der Waals surface area contributed by atoms with E-state index < -0.39 is 7.12 Å². The summed E-state index contributed by atoms with van der Waals surface area (Å²) in [6.07, 6.45) is 3.07. The highest BCUT2D eigenvalue weighted by Crippen LogP contribution is 2.14. The first kappa shape index (κ1) is 11.8. The lowest BCUT2D eigenvalue weighted by Crippen LogP contribution is -2.29. The van der Waals surface area contributed by atoms with E-state index in [2.05, 4.69) is 20.8 Å². The Morgan fingerprint density at radius 1 is 1.42 bits per heavy atom. The van der Waals surface area contributed by atoms with Crippen LogP contribution < -0.4 is 16.1 Å². The number of amides is 2. The number of nitrogens with one attached hydrogen (secondary N) is 3. The van der Waals surface area contributed by atoms with E-state index >= 15 is 0 Å². The number of aromatic nitrogens is 2. The van der Waals surface area contributed by atoms with Gasteiger partial charge in [-0.05, 0) is 23.2 Å². The van der Waals surface area contributed by atoms with Crippen molar-refractivity contribution in [1.82, 2.24) is 10.2 Å². The van der Waals surface area contributed by atoms with E-state index in [9.17, 15) is 9.82 Å². The molecule has 0 aliphatic carbocycles. The van der Waals surface area contributed by atoms with Crippen LogP contribution >= 0.6 is 0 Å². The van der Waals surface area contributed by atoms with Crippen LogP contribution in [-0.4, -0.2) is 28.4 Å². The normalized spacial score (nSPS) is 13.2. The number of fused-ring (bicyclic) bond motifs is 1. The number of carbonyl (C=O) groups is 1. The second-order valence-corrected chi connectivity index (χ2v) is 4.14. The molecule has 1 aromatic carbocycles. The summed E-state index contributed by atoms with van der Waals surface area (Å²) in [5.41, 5.74) is 2.76. The van der Waals surface area contributed by atoms with Crippen LogP contribution in [0.25, 0.3) is 0 Å². The van der Waals surface area contributed by atoms with Crippen molar-refractivity contribution in [2.24, 2.45) is 0 Å². The third-order valence-electron chi connectivity index (χ3n) is 2.82. The summed E-state index contributed by atoms with van der Waals surface area (Å²) < 4.78 is 5.08. The highest BCUT2D eigenvalue weighted by molar-refractivity contribution is 6.61. The van der Waals surface area contributed by atoms with Gasteiger partial charge in [-0.15, -0.1) is 0 Å². The standard InChI is InChI=1S/C11H11BN4O3/c17-11(16-9-4-13-14-5-9)15-8-2-1-7-6-19-12(18)10(7)3-8/h1-5,18H,6H2,(H,13,14)(H2,15,16,17). The summed E-state index contributed by atoms with van der Waals surface area (Å²) in [5, 5.41) is 21.2. The smallest absolute Gasteiger partial charge is 0.423 e. The predicted octanol–water partition coefficient (Wildman–Crippen LogP) is 0.271. The molecule has 19 heavy (non-hydrogen) atoms. The fraction of sp³-hybridized carbons (Fsp3) is 0.0909. The quantitative estimate of drug-likeness (QED) is 0.581. The van der Waals surface area contributed by atoms with Crippen molar-refractivity contribution in [1.29, 1.82) is 0 Å². The van der Waals surface area contributed by atoms with Crippen molar-refractivity contribution in [2.75, 3.05) is 10.6 Å².